The first-order valence-electron chi connectivity index (χ1n) is 13.2. The fraction of sp³-hybridized carbons (Fsp3) is 0. The van der Waals surface area contributed by atoms with Gasteiger partial charge in [-0.1, -0.05) is 78.9 Å². The summed E-state index contributed by atoms with van der Waals surface area (Å²) in [6, 6.07) is 46.7. The third-order valence-corrected chi connectivity index (χ3v) is 8.94. The van der Waals surface area contributed by atoms with Crippen molar-refractivity contribution in [1.82, 2.24) is 0 Å². The van der Waals surface area contributed by atoms with E-state index in [2.05, 4.69) is 91.0 Å². The van der Waals surface area contributed by atoms with Crippen molar-refractivity contribution >= 4 is 53.4 Å². The number of hydrogen-bond acceptors (Lipinski definition) is 3. The fourth-order valence-electron chi connectivity index (χ4n) is 5.82. The SMILES string of the molecule is N#Cc1ccccc1-c1cc(-c2ccc3oc4ccccc4c3c2)cc(-c2cccc3c2sc2ccccc23)c1. The molecule has 2 nitrogen and oxygen atoms in total. The van der Waals surface area contributed by atoms with Crippen molar-refractivity contribution in [1.29, 1.82) is 5.26 Å². The van der Waals surface area contributed by atoms with Crippen LogP contribution in [0.3, 0.4) is 0 Å². The molecule has 0 radical (unpaired) electrons. The molecule has 186 valence electrons. The van der Waals surface area contributed by atoms with E-state index < -0.39 is 0 Å². The molecule has 6 aromatic carbocycles. The van der Waals surface area contributed by atoms with Crippen LogP contribution in [-0.4, -0.2) is 0 Å². The highest BCUT2D eigenvalue weighted by Gasteiger charge is 2.15. The van der Waals surface area contributed by atoms with Gasteiger partial charge in [-0.3, -0.25) is 0 Å². The van der Waals surface area contributed by atoms with Crippen LogP contribution in [0.25, 0.3) is 75.5 Å². The molecule has 0 bridgehead atoms. The molecule has 0 spiro atoms. The summed E-state index contributed by atoms with van der Waals surface area (Å²) in [5.41, 5.74) is 8.95. The van der Waals surface area contributed by atoms with E-state index in [4.69, 9.17) is 4.42 Å². The van der Waals surface area contributed by atoms with Crippen LogP contribution < -0.4 is 0 Å². The summed E-state index contributed by atoms with van der Waals surface area (Å²) < 4.78 is 8.66. The van der Waals surface area contributed by atoms with Crippen LogP contribution in [0, 0.1) is 11.3 Å². The lowest BCUT2D eigenvalue weighted by atomic mass is 9.91. The number of hydrogen-bond donors (Lipinski definition) is 0. The van der Waals surface area contributed by atoms with Gasteiger partial charge in [0.15, 0.2) is 0 Å². The van der Waals surface area contributed by atoms with Crippen LogP contribution in [0.2, 0.25) is 0 Å². The van der Waals surface area contributed by atoms with Crippen molar-refractivity contribution < 1.29 is 4.42 Å². The zero-order valence-corrected chi connectivity index (χ0v) is 22.2. The van der Waals surface area contributed by atoms with Gasteiger partial charge >= 0.3 is 0 Å². The second-order valence-electron chi connectivity index (χ2n) is 10.0. The largest absolute Gasteiger partial charge is 0.456 e. The van der Waals surface area contributed by atoms with Gasteiger partial charge in [-0.15, -0.1) is 11.3 Å². The highest BCUT2D eigenvalue weighted by Crippen LogP contribution is 2.42. The molecule has 8 aromatic rings. The fourth-order valence-corrected chi connectivity index (χ4v) is 7.06. The standard InChI is InChI=1S/C37H21NOS/c38-22-24-8-1-2-9-28(24)26-18-25(23-16-17-35-33(21-23)30-10-3-5-14-34(30)39-35)19-27(20-26)29-12-7-13-32-31-11-4-6-15-36(31)40-37(29)32/h1-21H. The van der Waals surface area contributed by atoms with E-state index in [9.17, 15) is 5.26 Å². The van der Waals surface area contributed by atoms with Gasteiger partial charge in [0.25, 0.3) is 0 Å². The molecular weight excluding hydrogens is 506 g/mol. The Morgan fingerprint density at radius 3 is 2.08 bits per heavy atom. The minimum absolute atomic E-state index is 0.668. The minimum atomic E-state index is 0.668. The van der Waals surface area contributed by atoms with Gasteiger partial charge in [-0.2, -0.15) is 5.26 Å². The second-order valence-corrected chi connectivity index (χ2v) is 11.1. The second kappa shape index (κ2) is 8.95. The number of benzene rings is 6. The van der Waals surface area contributed by atoms with E-state index in [0.717, 1.165) is 49.8 Å². The zero-order valence-electron chi connectivity index (χ0n) is 21.4. The molecule has 0 aliphatic rings. The first-order chi connectivity index (χ1) is 19.8. The Morgan fingerprint density at radius 1 is 0.500 bits per heavy atom. The molecule has 0 amide bonds. The number of rotatable bonds is 3. The van der Waals surface area contributed by atoms with E-state index in [1.807, 2.05) is 53.8 Å². The molecule has 0 saturated carbocycles. The Hall–Kier alpha value is -5.17. The summed E-state index contributed by atoms with van der Waals surface area (Å²) in [6.45, 7) is 0. The predicted molar refractivity (Wildman–Crippen MR) is 168 cm³/mol. The van der Waals surface area contributed by atoms with E-state index in [0.29, 0.717) is 5.56 Å². The molecule has 8 rings (SSSR count). The maximum absolute atomic E-state index is 9.91. The van der Waals surface area contributed by atoms with Crippen LogP contribution in [-0.2, 0) is 0 Å². The van der Waals surface area contributed by atoms with Gasteiger partial charge in [-0.05, 0) is 81.9 Å². The Labute approximate surface area is 235 Å². The highest BCUT2D eigenvalue weighted by atomic mass is 32.1. The van der Waals surface area contributed by atoms with Gasteiger partial charge < -0.3 is 4.42 Å². The van der Waals surface area contributed by atoms with Crippen LogP contribution in [0.1, 0.15) is 5.56 Å². The average molecular weight is 528 g/mol. The van der Waals surface area contributed by atoms with Crippen LogP contribution in [0.15, 0.2) is 132 Å². The van der Waals surface area contributed by atoms with Crippen molar-refractivity contribution in [2.24, 2.45) is 0 Å². The van der Waals surface area contributed by atoms with E-state index in [1.165, 1.54) is 25.7 Å². The van der Waals surface area contributed by atoms with E-state index in [-0.39, 0.29) is 0 Å². The third-order valence-electron chi connectivity index (χ3n) is 7.72. The predicted octanol–water partition coefficient (Wildman–Crippen LogP) is 10.8. The minimum Gasteiger partial charge on any atom is -0.456 e. The van der Waals surface area contributed by atoms with Crippen molar-refractivity contribution in [2.75, 3.05) is 0 Å². The van der Waals surface area contributed by atoms with Crippen molar-refractivity contribution in [3.05, 3.63) is 133 Å². The molecular formula is C37H21NOS. The Balaban J connectivity index is 1.41. The van der Waals surface area contributed by atoms with Gasteiger partial charge in [0.2, 0.25) is 0 Å². The van der Waals surface area contributed by atoms with Crippen LogP contribution >= 0.6 is 11.3 Å². The summed E-state index contributed by atoms with van der Waals surface area (Å²) in [6.07, 6.45) is 0. The monoisotopic (exact) mass is 527 g/mol. The summed E-state index contributed by atoms with van der Waals surface area (Å²) in [7, 11) is 0. The lowest BCUT2D eigenvalue weighted by Gasteiger charge is -2.13. The molecule has 0 aliphatic carbocycles. The Bertz CT molecular complexity index is 2300. The van der Waals surface area contributed by atoms with Gasteiger partial charge in [0, 0.05) is 30.9 Å². The molecule has 3 heteroatoms. The normalized spacial score (nSPS) is 11.5. The lowest BCUT2D eigenvalue weighted by molar-refractivity contribution is 0.669. The highest BCUT2D eigenvalue weighted by molar-refractivity contribution is 7.26. The first kappa shape index (κ1) is 22.8. The number of fused-ring (bicyclic) bond motifs is 6. The van der Waals surface area contributed by atoms with Gasteiger partial charge in [0.05, 0.1) is 11.6 Å². The van der Waals surface area contributed by atoms with Crippen LogP contribution in [0.4, 0.5) is 0 Å². The number of furan rings is 1. The van der Waals surface area contributed by atoms with Gasteiger partial charge in [0.1, 0.15) is 11.2 Å². The third kappa shape index (κ3) is 3.55. The summed E-state index contributed by atoms with van der Waals surface area (Å²) in [5, 5.41) is 14.7. The zero-order chi connectivity index (χ0) is 26.6. The molecule has 0 aliphatic heterocycles. The molecule has 0 atom stereocenters. The van der Waals surface area contributed by atoms with Gasteiger partial charge in [-0.25, -0.2) is 0 Å². The quantitative estimate of drug-likeness (QED) is 0.229. The number of nitrogens with zero attached hydrogens (tertiary/aromatic N) is 1. The van der Waals surface area contributed by atoms with E-state index in [1.54, 1.807) is 0 Å². The molecule has 2 heterocycles. The summed E-state index contributed by atoms with van der Waals surface area (Å²) >= 11 is 1.83. The molecule has 40 heavy (non-hydrogen) atoms. The first-order valence-corrected chi connectivity index (χ1v) is 14.1. The van der Waals surface area contributed by atoms with E-state index >= 15 is 0 Å². The summed E-state index contributed by atoms with van der Waals surface area (Å²) in [4.78, 5) is 0. The average Bonchev–Trinajstić information content (AvgIpc) is 3.59. The van der Waals surface area contributed by atoms with Crippen molar-refractivity contribution in [2.45, 2.75) is 0 Å². The molecule has 0 unspecified atom stereocenters. The molecule has 0 N–H and O–H groups in total. The van der Waals surface area contributed by atoms with Crippen molar-refractivity contribution in [3.8, 4) is 39.4 Å². The maximum Gasteiger partial charge on any atom is 0.135 e. The molecule has 2 aromatic heterocycles. The number of para-hydroxylation sites is 1. The lowest BCUT2D eigenvalue weighted by Crippen LogP contribution is -1.89. The number of thiophene rings is 1. The maximum atomic E-state index is 9.91. The Kier molecular flexibility index (Phi) is 5.10. The smallest absolute Gasteiger partial charge is 0.135 e. The summed E-state index contributed by atoms with van der Waals surface area (Å²) in [5.74, 6) is 0. The Morgan fingerprint density at radius 2 is 1.18 bits per heavy atom. The van der Waals surface area contributed by atoms with Crippen LogP contribution in [0.5, 0.6) is 0 Å². The molecule has 0 saturated heterocycles. The topological polar surface area (TPSA) is 36.9 Å². The number of nitriles is 1. The molecule has 0 fully saturated rings. The van der Waals surface area contributed by atoms with Crippen molar-refractivity contribution in [3.63, 3.8) is 0 Å².